The molecule has 1 aromatic heterocycles. The van der Waals surface area contributed by atoms with E-state index in [1.54, 1.807) is 55.7 Å². The zero-order chi connectivity index (χ0) is 25.8. The van der Waals surface area contributed by atoms with Crippen molar-refractivity contribution in [2.24, 2.45) is 0 Å². The third-order valence-electron chi connectivity index (χ3n) is 5.99. The number of ketones is 1. The Bertz CT molecular complexity index is 1590. The lowest BCUT2D eigenvalue weighted by Crippen LogP contribution is -2.09. The minimum absolute atomic E-state index is 0.0776. The molecule has 5 aromatic rings. The van der Waals surface area contributed by atoms with E-state index in [0.29, 0.717) is 39.4 Å². The molecule has 0 bridgehead atoms. The zero-order valence-electron chi connectivity index (χ0n) is 20.4. The SMILES string of the molecule is COc1ccc2oc(-c3ccccc3)c(C(=O)Oc3ccc(/C=C/C(=O)c4ccc(C)cc4)cc3)c2c1. The molecule has 0 N–H and O–H groups in total. The Kier molecular flexibility index (Phi) is 6.68. The van der Waals surface area contributed by atoms with Gasteiger partial charge in [-0.1, -0.05) is 78.4 Å². The van der Waals surface area contributed by atoms with Crippen molar-refractivity contribution in [2.75, 3.05) is 7.11 Å². The highest BCUT2D eigenvalue weighted by molar-refractivity contribution is 6.10. The molecule has 0 spiro atoms. The molecule has 0 aliphatic rings. The molecule has 4 aromatic carbocycles. The molecule has 0 fully saturated rings. The number of carbonyl (C=O) groups is 2. The summed E-state index contributed by atoms with van der Waals surface area (Å²) < 4.78 is 17.1. The lowest BCUT2D eigenvalue weighted by Gasteiger charge is -2.06. The van der Waals surface area contributed by atoms with Gasteiger partial charge in [-0.25, -0.2) is 4.79 Å². The van der Waals surface area contributed by atoms with Gasteiger partial charge in [-0.15, -0.1) is 0 Å². The van der Waals surface area contributed by atoms with Crippen molar-refractivity contribution in [3.05, 3.63) is 125 Å². The Morgan fingerprint density at radius 3 is 2.22 bits per heavy atom. The second-order valence-electron chi connectivity index (χ2n) is 8.56. The molecule has 0 radical (unpaired) electrons. The summed E-state index contributed by atoms with van der Waals surface area (Å²) in [5, 5.41) is 0.609. The first kappa shape index (κ1) is 23.8. The highest BCUT2D eigenvalue weighted by Gasteiger charge is 2.24. The van der Waals surface area contributed by atoms with Gasteiger partial charge < -0.3 is 13.9 Å². The van der Waals surface area contributed by atoms with Crippen LogP contribution in [0.15, 0.2) is 108 Å². The van der Waals surface area contributed by atoms with Crippen LogP contribution >= 0.6 is 0 Å². The van der Waals surface area contributed by atoms with Crippen LogP contribution in [-0.2, 0) is 0 Å². The van der Waals surface area contributed by atoms with Crippen LogP contribution < -0.4 is 9.47 Å². The third kappa shape index (κ3) is 5.21. The van der Waals surface area contributed by atoms with Gasteiger partial charge in [0.1, 0.15) is 28.4 Å². The molecule has 5 nitrogen and oxygen atoms in total. The van der Waals surface area contributed by atoms with Crippen molar-refractivity contribution in [3.63, 3.8) is 0 Å². The average Bonchev–Trinajstić information content (AvgIpc) is 3.32. The predicted octanol–water partition coefficient (Wildman–Crippen LogP) is 7.53. The largest absolute Gasteiger partial charge is 0.497 e. The summed E-state index contributed by atoms with van der Waals surface area (Å²) in [5.41, 5.74) is 4.19. The van der Waals surface area contributed by atoms with E-state index in [2.05, 4.69) is 0 Å². The van der Waals surface area contributed by atoms with E-state index in [1.807, 2.05) is 61.5 Å². The fraction of sp³-hybridized carbons (Fsp3) is 0.0625. The average molecular weight is 489 g/mol. The number of carbonyl (C=O) groups excluding carboxylic acids is 2. The van der Waals surface area contributed by atoms with Gasteiger partial charge in [0.25, 0.3) is 0 Å². The van der Waals surface area contributed by atoms with Crippen LogP contribution in [0.4, 0.5) is 0 Å². The number of esters is 1. The lowest BCUT2D eigenvalue weighted by molar-refractivity contribution is 0.0736. The van der Waals surface area contributed by atoms with Crippen LogP contribution in [0, 0.1) is 6.92 Å². The van der Waals surface area contributed by atoms with Crippen LogP contribution in [0.2, 0.25) is 0 Å². The third-order valence-corrected chi connectivity index (χ3v) is 5.99. The highest BCUT2D eigenvalue weighted by Crippen LogP contribution is 2.36. The van der Waals surface area contributed by atoms with Crippen LogP contribution in [-0.4, -0.2) is 18.9 Å². The number of benzene rings is 4. The van der Waals surface area contributed by atoms with Crippen LogP contribution in [0.25, 0.3) is 28.4 Å². The second kappa shape index (κ2) is 10.4. The molecule has 182 valence electrons. The highest BCUT2D eigenvalue weighted by atomic mass is 16.5. The number of hydrogen-bond acceptors (Lipinski definition) is 5. The topological polar surface area (TPSA) is 65.7 Å². The number of hydrogen-bond donors (Lipinski definition) is 0. The molecule has 0 atom stereocenters. The number of allylic oxidation sites excluding steroid dienone is 1. The van der Waals surface area contributed by atoms with Crippen molar-refractivity contribution in [3.8, 4) is 22.8 Å². The molecule has 5 heteroatoms. The van der Waals surface area contributed by atoms with Gasteiger partial charge in [0, 0.05) is 16.5 Å². The molecule has 0 aliphatic carbocycles. The summed E-state index contributed by atoms with van der Waals surface area (Å²) in [6, 6.07) is 29.1. The van der Waals surface area contributed by atoms with Gasteiger partial charge in [0.15, 0.2) is 5.78 Å². The Hall–Kier alpha value is -4.90. The summed E-state index contributed by atoms with van der Waals surface area (Å²) in [6.07, 6.45) is 3.26. The maximum absolute atomic E-state index is 13.4. The second-order valence-corrected chi connectivity index (χ2v) is 8.56. The number of ether oxygens (including phenoxy) is 2. The van der Waals surface area contributed by atoms with Crippen molar-refractivity contribution >= 4 is 28.8 Å². The maximum atomic E-state index is 13.4. The minimum Gasteiger partial charge on any atom is -0.497 e. The van der Waals surface area contributed by atoms with E-state index in [4.69, 9.17) is 13.9 Å². The van der Waals surface area contributed by atoms with Gasteiger partial charge >= 0.3 is 5.97 Å². The van der Waals surface area contributed by atoms with Crippen molar-refractivity contribution < 1.29 is 23.5 Å². The number of fused-ring (bicyclic) bond motifs is 1. The quantitative estimate of drug-likeness (QED) is 0.103. The van der Waals surface area contributed by atoms with E-state index < -0.39 is 5.97 Å². The van der Waals surface area contributed by atoms with Gasteiger partial charge in [0.2, 0.25) is 0 Å². The minimum atomic E-state index is -0.538. The molecular formula is C32H24O5. The molecule has 0 saturated carbocycles. The molecule has 0 amide bonds. The summed E-state index contributed by atoms with van der Waals surface area (Å²) in [6.45, 7) is 1.98. The van der Waals surface area contributed by atoms with E-state index in [1.165, 1.54) is 6.08 Å². The van der Waals surface area contributed by atoms with Gasteiger partial charge in [-0.3, -0.25) is 4.79 Å². The summed E-state index contributed by atoms with van der Waals surface area (Å²) in [4.78, 5) is 25.8. The fourth-order valence-electron chi connectivity index (χ4n) is 3.99. The van der Waals surface area contributed by atoms with E-state index in [0.717, 1.165) is 16.7 Å². The van der Waals surface area contributed by atoms with Gasteiger partial charge in [-0.05, 0) is 48.9 Å². The first-order valence-corrected chi connectivity index (χ1v) is 11.8. The molecular weight excluding hydrogens is 464 g/mol. The molecule has 0 aliphatic heterocycles. The molecule has 0 saturated heterocycles. The van der Waals surface area contributed by atoms with Gasteiger partial charge in [0.05, 0.1) is 7.11 Å². The first-order valence-electron chi connectivity index (χ1n) is 11.8. The van der Waals surface area contributed by atoms with Crippen molar-refractivity contribution in [1.82, 2.24) is 0 Å². The van der Waals surface area contributed by atoms with E-state index in [9.17, 15) is 9.59 Å². The van der Waals surface area contributed by atoms with E-state index in [-0.39, 0.29) is 5.78 Å². The molecule has 37 heavy (non-hydrogen) atoms. The standard InChI is InChI=1S/C32H24O5/c1-21-8-13-23(14-9-21)28(33)18-12-22-10-15-25(16-11-22)36-32(34)30-27-20-26(35-2)17-19-29(27)37-31(30)24-6-4-3-5-7-24/h3-20H,1-2H3/b18-12+. The number of furan rings is 1. The smallest absolute Gasteiger partial charge is 0.348 e. The Labute approximate surface area is 214 Å². The Morgan fingerprint density at radius 2 is 1.51 bits per heavy atom. The number of aryl methyl sites for hydroxylation is 1. The number of methoxy groups -OCH3 is 1. The first-order chi connectivity index (χ1) is 18.0. The molecule has 0 unspecified atom stereocenters. The van der Waals surface area contributed by atoms with Crippen LogP contribution in [0.1, 0.15) is 31.8 Å². The van der Waals surface area contributed by atoms with Crippen molar-refractivity contribution in [1.29, 1.82) is 0 Å². The number of rotatable bonds is 7. The lowest BCUT2D eigenvalue weighted by atomic mass is 10.1. The normalized spacial score (nSPS) is 11.1. The summed E-state index contributed by atoms with van der Waals surface area (Å²) in [5.74, 6) is 0.805. The van der Waals surface area contributed by atoms with Crippen molar-refractivity contribution in [2.45, 2.75) is 6.92 Å². The summed E-state index contributed by atoms with van der Waals surface area (Å²) >= 11 is 0. The zero-order valence-corrected chi connectivity index (χ0v) is 20.4. The van der Waals surface area contributed by atoms with Gasteiger partial charge in [-0.2, -0.15) is 0 Å². The molecule has 1 heterocycles. The molecule has 5 rings (SSSR count). The Balaban J connectivity index is 1.39. The predicted molar refractivity (Wildman–Crippen MR) is 144 cm³/mol. The summed E-state index contributed by atoms with van der Waals surface area (Å²) in [7, 11) is 1.57. The monoisotopic (exact) mass is 488 g/mol. The van der Waals surface area contributed by atoms with Crippen LogP contribution in [0.3, 0.4) is 0 Å². The Morgan fingerprint density at radius 1 is 0.811 bits per heavy atom. The van der Waals surface area contributed by atoms with Crippen LogP contribution in [0.5, 0.6) is 11.5 Å². The maximum Gasteiger partial charge on any atom is 0.348 e. The fourth-order valence-corrected chi connectivity index (χ4v) is 3.99. The van der Waals surface area contributed by atoms with E-state index >= 15 is 0 Å².